The number of carbonyl (C=O) groups is 2. The summed E-state index contributed by atoms with van der Waals surface area (Å²) in [5.74, 6) is -0.364. The first-order chi connectivity index (χ1) is 15.9. The topological polar surface area (TPSA) is 100 Å². The number of amides is 2. The number of aromatic hydroxyl groups is 1. The van der Waals surface area contributed by atoms with Crippen LogP contribution in [-0.4, -0.2) is 30.2 Å². The van der Waals surface area contributed by atoms with E-state index in [9.17, 15) is 14.7 Å². The molecule has 0 saturated carbocycles. The number of anilines is 1. The minimum atomic E-state index is -0.479. The van der Waals surface area contributed by atoms with Gasteiger partial charge >= 0.3 is 0 Å². The van der Waals surface area contributed by atoms with Crippen LogP contribution in [-0.2, 0) is 0 Å². The van der Waals surface area contributed by atoms with Crippen LogP contribution in [0.2, 0.25) is 5.02 Å². The van der Waals surface area contributed by atoms with Crippen molar-refractivity contribution in [3.8, 4) is 11.5 Å². The predicted molar refractivity (Wildman–Crippen MR) is 131 cm³/mol. The van der Waals surface area contributed by atoms with Crippen LogP contribution in [0.25, 0.3) is 10.1 Å². The maximum atomic E-state index is 12.7. The zero-order chi connectivity index (χ0) is 23.4. The Bertz CT molecular complexity index is 1350. The number of nitrogens with one attached hydrogen (secondary N) is 2. The van der Waals surface area contributed by atoms with E-state index in [0.717, 1.165) is 10.1 Å². The normalized spacial score (nSPS) is 11.0. The van der Waals surface area contributed by atoms with Gasteiger partial charge in [-0.2, -0.15) is 5.10 Å². The van der Waals surface area contributed by atoms with E-state index in [4.69, 9.17) is 16.3 Å². The molecule has 3 N–H and O–H groups in total. The van der Waals surface area contributed by atoms with Crippen LogP contribution in [0.1, 0.15) is 25.6 Å². The Morgan fingerprint density at radius 3 is 2.64 bits per heavy atom. The first kappa shape index (κ1) is 22.3. The Morgan fingerprint density at radius 2 is 1.88 bits per heavy atom. The SMILES string of the molecule is COc1cc(C=NNC(=O)c2ccc(O)c(Cl)c2)ccc1NC(=O)c1cc2ccccc2s1. The largest absolute Gasteiger partial charge is 0.506 e. The number of fused-ring (bicyclic) bond motifs is 1. The van der Waals surface area contributed by atoms with Gasteiger partial charge in [0.05, 0.1) is 28.9 Å². The lowest BCUT2D eigenvalue weighted by Gasteiger charge is -2.10. The summed E-state index contributed by atoms with van der Waals surface area (Å²) in [4.78, 5) is 25.5. The van der Waals surface area contributed by atoms with E-state index in [1.54, 1.807) is 18.2 Å². The van der Waals surface area contributed by atoms with E-state index in [1.165, 1.54) is 42.9 Å². The molecule has 0 aliphatic carbocycles. The minimum Gasteiger partial charge on any atom is -0.506 e. The molecule has 1 heterocycles. The Hall–Kier alpha value is -3.88. The van der Waals surface area contributed by atoms with Crippen LogP contribution in [0.3, 0.4) is 0 Å². The molecule has 0 bridgehead atoms. The fraction of sp³-hybridized carbons (Fsp3) is 0.0417. The van der Waals surface area contributed by atoms with Gasteiger partial charge in [0.2, 0.25) is 0 Å². The van der Waals surface area contributed by atoms with Gasteiger partial charge in [-0.15, -0.1) is 11.3 Å². The van der Waals surface area contributed by atoms with Crippen LogP contribution in [0.15, 0.2) is 71.8 Å². The molecule has 0 aliphatic rings. The number of hydrogen-bond acceptors (Lipinski definition) is 6. The van der Waals surface area contributed by atoms with Crippen molar-refractivity contribution in [3.05, 3.63) is 87.8 Å². The van der Waals surface area contributed by atoms with Crippen LogP contribution in [0, 0.1) is 0 Å². The molecule has 9 heteroatoms. The van der Waals surface area contributed by atoms with Gasteiger partial charge in [0.15, 0.2) is 0 Å². The standard InChI is InChI=1S/C24H18ClN3O4S/c1-32-20-10-14(13-26-28-23(30)16-7-9-19(29)17(25)11-16)6-8-18(20)27-24(31)22-12-15-4-2-3-5-21(15)33-22/h2-13,29H,1H3,(H,27,31)(H,28,30). The van der Waals surface area contributed by atoms with E-state index in [-0.39, 0.29) is 22.2 Å². The second-order valence-corrected chi connectivity index (χ2v) is 8.42. The zero-order valence-electron chi connectivity index (χ0n) is 17.3. The maximum absolute atomic E-state index is 12.7. The molecule has 0 aliphatic heterocycles. The summed E-state index contributed by atoms with van der Waals surface area (Å²) in [6.45, 7) is 0. The Kier molecular flexibility index (Phi) is 6.58. The van der Waals surface area contributed by atoms with E-state index in [1.807, 2.05) is 30.3 Å². The van der Waals surface area contributed by atoms with Gasteiger partial charge in [-0.1, -0.05) is 35.9 Å². The number of phenols is 1. The first-order valence-corrected chi connectivity index (χ1v) is 10.9. The lowest BCUT2D eigenvalue weighted by atomic mass is 10.2. The molecule has 1 aromatic heterocycles. The van der Waals surface area contributed by atoms with Gasteiger partial charge in [-0.3, -0.25) is 9.59 Å². The van der Waals surface area contributed by atoms with Gasteiger partial charge in [-0.05, 0) is 53.4 Å². The molecule has 0 radical (unpaired) electrons. The molecule has 0 fully saturated rings. The molecule has 166 valence electrons. The van der Waals surface area contributed by atoms with Crippen molar-refractivity contribution in [1.82, 2.24) is 5.43 Å². The summed E-state index contributed by atoms with van der Waals surface area (Å²) in [5, 5.41) is 17.3. The van der Waals surface area contributed by atoms with Gasteiger partial charge < -0.3 is 15.2 Å². The van der Waals surface area contributed by atoms with Crippen molar-refractivity contribution < 1.29 is 19.4 Å². The highest BCUT2D eigenvalue weighted by molar-refractivity contribution is 7.20. The van der Waals surface area contributed by atoms with Gasteiger partial charge in [0.25, 0.3) is 11.8 Å². The minimum absolute atomic E-state index is 0.0737. The number of halogens is 1. The van der Waals surface area contributed by atoms with Gasteiger partial charge in [-0.25, -0.2) is 5.43 Å². The van der Waals surface area contributed by atoms with Crippen LogP contribution < -0.4 is 15.5 Å². The fourth-order valence-corrected chi connectivity index (χ4v) is 4.19. The fourth-order valence-electron chi connectivity index (χ4n) is 3.05. The molecule has 4 aromatic rings. The van der Waals surface area contributed by atoms with Crippen LogP contribution in [0.5, 0.6) is 11.5 Å². The number of hydrogen-bond donors (Lipinski definition) is 3. The molecule has 4 rings (SSSR count). The number of phenolic OH excluding ortho intramolecular Hbond substituents is 1. The summed E-state index contributed by atoms with van der Waals surface area (Å²) < 4.78 is 6.44. The van der Waals surface area contributed by atoms with E-state index in [0.29, 0.717) is 21.9 Å². The first-order valence-electron chi connectivity index (χ1n) is 9.74. The lowest BCUT2D eigenvalue weighted by Crippen LogP contribution is -2.17. The molecular weight excluding hydrogens is 462 g/mol. The lowest BCUT2D eigenvalue weighted by molar-refractivity contribution is 0.0954. The Morgan fingerprint density at radius 1 is 1.06 bits per heavy atom. The number of rotatable bonds is 6. The third-order valence-electron chi connectivity index (χ3n) is 4.71. The van der Waals surface area contributed by atoms with E-state index >= 15 is 0 Å². The molecule has 33 heavy (non-hydrogen) atoms. The van der Waals surface area contributed by atoms with Crippen molar-refractivity contribution in [2.45, 2.75) is 0 Å². The predicted octanol–water partition coefficient (Wildman–Crippen LogP) is 5.29. The van der Waals surface area contributed by atoms with Crippen molar-refractivity contribution >= 4 is 56.7 Å². The summed E-state index contributed by atoms with van der Waals surface area (Å²) in [6, 6.07) is 18.9. The summed E-state index contributed by atoms with van der Waals surface area (Å²) in [6.07, 6.45) is 1.44. The number of carbonyl (C=O) groups excluding carboxylic acids is 2. The number of nitrogens with zero attached hydrogens (tertiary/aromatic N) is 1. The Labute approximate surface area is 198 Å². The van der Waals surface area contributed by atoms with E-state index < -0.39 is 5.91 Å². The summed E-state index contributed by atoms with van der Waals surface area (Å²) >= 11 is 7.24. The molecule has 0 unspecified atom stereocenters. The monoisotopic (exact) mass is 479 g/mol. The van der Waals surface area contributed by atoms with Crippen LogP contribution in [0.4, 0.5) is 5.69 Å². The average molecular weight is 480 g/mol. The highest BCUT2D eigenvalue weighted by Gasteiger charge is 2.13. The molecule has 0 saturated heterocycles. The summed E-state index contributed by atoms with van der Waals surface area (Å²) in [7, 11) is 1.50. The third-order valence-corrected chi connectivity index (χ3v) is 6.13. The highest BCUT2D eigenvalue weighted by Crippen LogP contribution is 2.29. The Balaban J connectivity index is 1.44. The number of benzene rings is 3. The van der Waals surface area contributed by atoms with Crippen molar-refractivity contribution in [2.24, 2.45) is 5.10 Å². The number of hydrazone groups is 1. The number of thiophene rings is 1. The average Bonchev–Trinajstić information content (AvgIpc) is 3.26. The quantitative estimate of drug-likeness (QED) is 0.258. The van der Waals surface area contributed by atoms with Crippen molar-refractivity contribution in [2.75, 3.05) is 12.4 Å². The maximum Gasteiger partial charge on any atom is 0.271 e. The summed E-state index contributed by atoms with van der Waals surface area (Å²) in [5.41, 5.74) is 3.81. The second kappa shape index (κ2) is 9.72. The van der Waals surface area contributed by atoms with Crippen molar-refractivity contribution in [3.63, 3.8) is 0 Å². The molecule has 0 atom stereocenters. The molecular formula is C24H18ClN3O4S. The third kappa shape index (κ3) is 5.14. The molecule has 7 nitrogen and oxygen atoms in total. The smallest absolute Gasteiger partial charge is 0.271 e. The molecule has 0 spiro atoms. The molecule has 3 aromatic carbocycles. The van der Waals surface area contributed by atoms with Crippen LogP contribution >= 0.6 is 22.9 Å². The molecule has 2 amide bonds. The van der Waals surface area contributed by atoms with Gasteiger partial charge in [0.1, 0.15) is 11.5 Å². The van der Waals surface area contributed by atoms with E-state index in [2.05, 4.69) is 15.8 Å². The zero-order valence-corrected chi connectivity index (χ0v) is 18.9. The second-order valence-electron chi connectivity index (χ2n) is 6.93. The number of ether oxygens (including phenoxy) is 1. The number of methoxy groups -OCH3 is 1. The highest BCUT2D eigenvalue weighted by atomic mass is 35.5. The van der Waals surface area contributed by atoms with Gasteiger partial charge in [0, 0.05) is 10.3 Å². The van der Waals surface area contributed by atoms with Crippen molar-refractivity contribution in [1.29, 1.82) is 0 Å².